The molecule has 0 fully saturated rings. The van der Waals surface area contributed by atoms with Crippen molar-refractivity contribution in [2.24, 2.45) is 4.99 Å². The number of aryl methyl sites for hydroxylation is 1. The summed E-state index contributed by atoms with van der Waals surface area (Å²) in [5.41, 5.74) is -1.20. The zero-order chi connectivity index (χ0) is 22.6. The first-order valence-electron chi connectivity index (χ1n) is 8.98. The average Bonchev–Trinajstić information content (AvgIpc) is 2.73. The summed E-state index contributed by atoms with van der Waals surface area (Å²) in [6.45, 7) is 0.00944. The zero-order valence-electron chi connectivity index (χ0n) is 16.1. The number of aromatic nitrogens is 1. The van der Waals surface area contributed by atoms with E-state index in [9.17, 15) is 27.2 Å². The van der Waals surface area contributed by atoms with Gasteiger partial charge >= 0.3 is 12.1 Å². The Morgan fingerprint density at radius 2 is 1.87 bits per heavy atom. The number of alkyl halides is 3. The number of hydrogen-bond acceptors (Lipinski definition) is 5. The number of esters is 1. The number of halogens is 4. The molecule has 2 aromatic carbocycles. The summed E-state index contributed by atoms with van der Waals surface area (Å²) in [6.07, 6.45) is -4.42. The van der Waals surface area contributed by atoms with Crippen molar-refractivity contribution in [3.8, 4) is 0 Å². The molecule has 3 rings (SSSR count). The van der Waals surface area contributed by atoms with Crippen LogP contribution in [0.25, 0.3) is 0 Å². The van der Waals surface area contributed by atoms with E-state index in [1.807, 2.05) is 0 Å². The van der Waals surface area contributed by atoms with Crippen molar-refractivity contribution in [2.75, 3.05) is 7.11 Å². The molecule has 0 aliphatic carbocycles. The zero-order valence-corrected chi connectivity index (χ0v) is 17.0. The maximum atomic E-state index is 13.9. The van der Waals surface area contributed by atoms with Gasteiger partial charge in [-0.1, -0.05) is 35.6 Å². The molecule has 0 aliphatic heterocycles. The Bertz CT molecular complexity index is 1230. The van der Waals surface area contributed by atoms with E-state index in [4.69, 9.17) is 0 Å². The third kappa shape index (κ3) is 5.46. The van der Waals surface area contributed by atoms with Crippen LogP contribution in [-0.2, 0) is 23.9 Å². The predicted molar refractivity (Wildman–Crippen MR) is 107 cm³/mol. The molecule has 0 atom stereocenters. The van der Waals surface area contributed by atoms with E-state index in [-0.39, 0.29) is 28.3 Å². The second kappa shape index (κ2) is 9.25. The first-order chi connectivity index (χ1) is 14.7. The Balaban J connectivity index is 2.11. The van der Waals surface area contributed by atoms with Gasteiger partial charge in [-0.15, -0.1) is 0 Å². The summed E-state index contributed by atoms with van der Waals surface area (Å²) in [4.78, 5) is 28.6. The minimum atomic E-state index is -4.56. The molecule has 0 saturated carbocycles. The average molecular weight is 452 g/mol. The standard InChI is InChI=1S/C21H16F4N2O3S/c1-30-19(29)17-12-18(28)27(10-9-13-5-2-3-8-16(13)22)20(31-17)26-15-7-4-6-14(11-15)21(23,24)25/h2-8,11-12H,9-10H2,1H3. The highest BCUT2D eigenvalue weighted by molar-refractivity contribution is 7.11. The Morgan fingerprint density at radius 3 is 2.55 bits per heavy atom. The lowest BCUT2D eigenvalue weighted by atomic mass is 10.1. The highest BCUT2D eigenvalue weighted by Gasteiger charge is 2.30. The van der Waals surface area contributed by atoms with Crippen molar-refractivity contribution in [1.82, 2.24) is 4.57 Å². The molecule has 31 heavy (non-hydrogen) atoms. The monoisotopic (exact) mass is 452 g/mol. The van der Waals surface area contributed by atoms with Gasteiger partial charge in [-0.3, -0.25) is 9.36 Å². The van der Waals surface area contributed by atoms with Crippen molar-refractivity contribution < 1.29 is 27.1 Å². The van der Waals surface area contributed by atoms with Crippen LogP contribution in [0, 0.1) is 5.82 Å². The van der Waals surface area contributed by atoms with Gasteiger partial charge in [-0.05, 0) is 36.2 Å². The van der Waals surface area contributed by atoms with Crippen LogP contribution in [-0.4, -0.2) is 17.6 Å². The van der Waals surface area contributed by atoms with E-state index in [2.05, 4.69) is 9.73 Å². The summed E-state index contributed by atoms with van der Waals surface area (Å²) in [5, 5.41) is 0. The molecule has 5 nitrogen and oxygen atoms in total. The van der Waals surface area contributed by atoms with Crippen molar-refractivity contribution in [2.45, 2.75) is 19.1 Å². The SMILES string of the molecule is COC(=O)c1cc(=O)n(CCc2ccccc2F)c(=Nc2cccc(C(F)(F)F)c2)s1. The van der Waals surface area contributed by atoms with Crippen LogP contribution >= 0.6 is 11.3 Å². The van der Waals surface area contributed by atoms with Gasteiger partial charge in [-0.2, -0.15) is 13.2 Å². The number of benzene rings is 2. The van der Waals surface area contributed by atoms with Crippen molar-refractivity contribution in [3.63, 3.8) is 0 Å². The van der Waals surface area contributed by atoms with Gasteiger partial charge < -0.3 is 4.74 Å². The molecular weight excluding hydrogens is 436 g/mol. The second-order valence-corrected chi connectivity index (χ2v) is 7.39. The van der Waals surface area contributed by atoms with E-state index < -0.39 is 29.1 Å². The predicted octanol–water partition coefficient (Wildman–Crippen LogP) is 4.33. The van der Waals surface area contributed by atoms with Crippen LogP contribution in [0.4, 0.5) is 23.2 Å². The van der Waals surface area contributed by atoms with Crippen LogP contribution in [0.15, 0.2) is 64.4 Å². The molecule has 0 bridgehead atoms. The molecule has 0 unspecified atom stereocenters. The molecule has 1 aromatic heterocycles. The number of rotatable bonds is 5. The summed E-state index contributed by atoms with van der Waals surface area (Å²) >= 11 is 0.790. The van der Waals surface area contributed by atoms with E-state index in [0.29, 0.717) is 5.56 Å². The number of ether oxygens (including phenoxy) is 1. The van der Waals surface area contributed by atoms with E-state index >= 15 is 0 Å². The van der Waals surface area contributed by atoms with E-state index in [1.165, 1.54) is 28.8 Å². The Kier molecular flexibility index (Phi) is 6.69. The molecule has 162 valence electrons. The van der Waals surface area contributed by atoms with Gasteiger partial charge in [0.15, 0.2) is 4.80 Å². The fourth-order valence-corrected chi connectivity index (χ4v) is 3.72. The maximum absolute atomic E-state index is 13.9. The molecule has 0 radical (unpaired) electrons. The fourth-order valence-electron chi connectivity index (χ4n) is 2.75. The molecule has 10 heteroatoms. The largest absolute Gasteiger partial charge is 0.465 e. The second-order valence-electron chi connectivity index (χ2n) is 6.38. The Hall–Kier alpha value is -3.27. The highest BCUT2D eigenvalue weighted by atomic mass is 32.1. The summed E-state index contributed by atoms with van der Waals surface area (Å²) in [5.74, 6) is -1.22. The molecule has 0 aliphatic rings. The van der Waals surface area contributed by atoms with Crippen LogP contribution in [0.1, 0.15) is 20.8 Å². The minimum Gasteiger partial charge on any atom is -0.465 e. The fraction of sp³-hybridized carbons (Fsp3) is 0.190. The normalized spacial score (nSPS) is 12.1. The van der Waals surface area contributed by atoms with Gasteiger partial charge in [0, 0.05) is 12.6 Å². The summed E-state index contributed by atoms with van der Waals surface area (Å²) in [6, 6.07) is 11.4. The lowest BCUT2D eigenvalue weighted by Gasteiger charge is -2.09. The van der Waals surface area contributed by atoms with E-state index in [0.717, 1.165) is 36.6 Å². The quantitative estimate of drug-likeness (QED) is 0.428. The number of methoxy groups -OCH3 is 1. The molecule has 3 aromatic rings. The van der Waals surface area contributed by atoms with Crippen molar-refractivity contribution in [3.05, 3.63) is 91.6 Å². The van der Waals surface area contributed by atoms with Gasteiger partial charge in [0.05, 0.1) is 18.4 Å². The third-order valence-corrected chi connectivity index (χ3v) is 5.30. The van der Waals surface area contributed by atoms with Crippen molar-refractivity contribution >= 4 is 23.0 Å². The topological polar surface area (TPSA) is 60.7 Å². The number of carbonyl (C=O) groups excluding carboxylic acids is 1. The highest BCUT2D eigenvalue weighted by Crippen LogP contribution is 2.31. The smallest absolute Gasteiger partial charge is 0.416 e. The van der Waals surface area contributed by atoms with Gasteiger partial charge in [0.2, 0.25) is 0 Å². The number of hydrogen-bond donors (Lipinski definition) is 0. The molecule has 0 spiro atoms. The Labute approximate surface area is 177 Å². The molecular formula is C21H16F4N2O3S. The molecule has 0 amide bonds. The number of carbonyl (C=O) groups is 1. The summed E-state index contributed by atoms with van der Waals surface area (Å²) < 4.78 is 58.8. The minimum absolute atomic E-state index is 0.00944. The Morgan fingerprint density at radius 1 is 1.13 bits per heavy atom. The summed E-state index contributed by atoms with van der Waals surface area (Å²) in [7, 11) is 1.14. The van der Waals surface area contributed by atoms with Crippen LogP contribution in [0.5, 0.6) is 0 Å². The van der Waals surface area contributed by atoms with Crippen LogP contribution in [0.2, 0.25) is 0 Å². The molecule has 0 N–H and O–H groups in total. The first-order valence-corrected chi connectivity index (χ1v) is 9.79. The van der Waals surface area contributed by atoms with Crippen molar-refractivity contribution in [1.29, 1.82) is 0 Å². The third-order valence-electron chi connectivity index (χ3n) is 4.30. The first kappa shape index (κ1) is 22.4. The van der Waals surface area contributed by atoms with Gasteiger partial charge in [-0.25, -0.2) is 14.2 Å². The maximum Gasteiger partial charge on any atom is 0.416 e. The lowest BCUT2D eigenvalue weighted by Crippen LogP contribution is -2.33. The molecule has 1 heterocycles. The van der Waals surface area contributed by atoms with Crippen LogP contribution in [0.3, 0.4) is 0 Å². The lowest BCUT2D eigenvalue weighted by molar-refractivity contribution is -0.137. The van der Waals surface area contributed by atoms with Gasteiger partial charge in [0.1, 0.15) is 10.7 Å². The van der Waals surface area contributed by atoms with Crippen LogP contribution < -0.4 is 10.4 Å². The molecule has 0 saturated heterocycles. The number of nitrogens with zero attached hydrogens (tertiary/aromatic N) is 2. The van der Waals surface area contributed by atoms with E-state index in [1.54, 1.807) is 12.1 Å². The van der Waals surface area contributed by atoms with Gasteiger partial charge in [0.25, 0.3) is 5.56 Å².